The van der Waals surface area contributed by atoms with Crippen LogP contribution < -0.4 is 5.43 Å². The van der Waals surface area contributed by atoms with E-state index < -0.39 is 0 Å². The van der Waals surface area contributed by atoms with Crippen LogP contribution in [-0.4, -0.2) is 11.6 Å². The minimum Gasteiger partial charge on any atom is -0.266 e. The predicted octanol–water partition coefficient (Wildman–Crippen LogP) is 3.55. The molecule has 0 spiro atoms. The van der Waals surface area contributed by atoms with E-state index in [0.717, 1.165) is 42.2 Å². The number of thiophene rings is 1. The third-order valence-corrected chi connectivity index (χ3v) is 6.25. The average molecular weight is 300 g/mol. The Kier molecular flexibility index (Phi) is 3.21. The van der Waals surface area contributed by atoms with E-state index in [0.29, 0.717) is 11.8 Å². The quantitative estimate of drug-likeness (QED) is 0.658. The van der Waals surface area contributed by atoms with Crippen LogP contribution in [0.3, 0.4) is 0 Å². The largest absolute Gasteiger partial charge is 0.281 e. The molecule has 0 unspecified atom stereocenters. The zero-order chi connectivity index (χ0) is 14.4. The van der Waals surface area contributed by atoms with E-state index in [2.05, 4.69) is 35.7 Å². The number of allylic oxidation sites excluding steroid dienone is 2. The Morgan fingerprint density at radius 3 is 3.19 bits per heavy atom. The van der Waals surface area contributed by atoms with Crippen molar-refractivity contribution in [3.8, 4) is 0 Å². The van der Waals surface area contributed by atoms with Crippen LogP contribution in [-0.2, 0) is 12.8 Å². The SMILES string of the molecule is C[C@@H]1CCc2sc(C(=O)N/N=C3/C[C@H]4C=CC[C@H]34)cc2C1. The maximum atomic E-state index is 12.3. The Balaban J connectivity index is 1.43. The highest BCUT2D eigenvalue weighted by atomic mass is 32.1. The molecule has 3 aliphatic carbocycles. The standard InChI is InChI=1S/C17H20N2OS/c1-10-5-6-15-12(7-10)9-16(21-15)17(20)19-18-14-8-11-3-2-4-13(11)14/h2-3,9-11,13H,4-8H2,1H3,(H,19,20)/b18-14-/t10-,11-,13+/m1/s1. The molecule has 4 heteroatoms. The fourth-order valence-corrected chi connectivity index (χ4v) is 4.76. The molecule has 1 fully saturated rings. The van der Waals surface area contributed by atoms with Crippen molar-refractivity contribution in [2.45, 2.75) is 39.0 Å². The van der Waals surface area contributed by atoms with Crippen molar-refractivity contribution < 1.29 is 4.79 Å². The van der Waals surface area contributed by atoms with Gasteiger partial charge in [0, 0.05) is 16.5 Å². The van der Waals surface area contributed by atoms with Crippen molar-refractivity contribution in [3.05, 3.63) is 33.5 Å². The molecule has 3 nitrogen and oxygen atoms in total. The van der Waals surface area contributed by atoms with Gasteiger partial charge < -0.3 is 0 Å². The first-order valence-corrected chi connectivity index (χ1v) is 8.67. The van der Waals surface area contributed by atoms with Gasteiger partial charge in [0.15, 0.2) is 0 Å². The lowest BCUT2D eigenvalue weighted by Gasteiger charge is -2.31. The van der Waals surface area contributed by atoms with Crippen LogP contribution in [0.1, 0.15) is 46.3 Å². The van der Waals surface area contributed by atoms with Gasteiger partial charge in [-0.15, -0.1) is 11.3 Å². The molecule has 3 atom stereocenters. The van der Waals surface area contributed by atoms with E-state index in [9.17, 15) is 4.79 Å². The molecule has 21 heavy (non-hydrogen) atoms. The van der Waals surface area contributed by atoms with Crippen LogP contribution in [0.2, 0.25) is 0 Å². The molecule has 3 aliphatic rings. The van der Waals surface area contributed by atoms with E-state index in [-0.39, 0.29) is 5.91 Å². The molecule has 1 aromatic heterocycles. The molecule has 0 radical (unpaired) electrons. The number of hydrogen-bond acceptors (Lipinski definition) is 3. The lowest BCUT2D eigenvalue weighted by atomic mass is 9.74. The van der Waals surface area contributed by atoms with Crippen molar-refractivity contribution >= 4 is 23.0 Å². The minimum absolute atomic E-state index is 0.0380. The topological polar surface area (TPSA) is 41.5 Å². The second-order valence-corrected chi connectivity index (χ2v) is 7.73. The summed E-state index contributed by atoms with van der Waals surface area (Å²) < 4.78 is 0. The molecule has 0 saturated heterocycles. The molecule has 0 aromatic carbocycles. The van der Waals surface area contributed by atoms with Gasteiger partial charge >= 0.3 is 0 Å². The summed E-state index contributed by atoms with van der Waals surface area (Å²) >= 11 is 1.65. The number of nitrogens with one attached hydrogen (secondary N) is 1. The first-order valence-electron chi connectivity index (χ1n) is 7.85. The van der Waals surface area contributed by atoms with Crippen molar-refractivity contribution in [1.82, 2.24) is 5.43 Å². The number of fused-ring (bicyclic) bond motifs is 2. The van der Waals surface area contributed by atoms with E-state index in [1.165, 1.54) is 16.9 Å². The number of hydrogen-bond donors (Lipinski definition) is 1. The van der Waals surface area contributed by atoms with Crippen LogP contribution in [0, 0.1) is 17.8 Å². The third kappa shape index (κ3) is 2.35. The van der Waals surface area contributed by atoms with Crippen LogP contribution >= 0.6 is 11.3 Å². The fourth-order valence-electron chi connectivity index (χ4n) is 3.66. The second kappa shape index (κ2) is 5.09. The van der Waals surface area contributed by atoms with Crippen molar-refractivity contribution in [3.63, 3.8) is 0 Å². The number of rotatable bonds is 2. The number of nitrogens with zero attached hydrogens (tertiary/aromatic N) is 1. The van der Waals surface area contributed by atoms with Gasteiger partial charge in [0.05, 0.1) is 4.88 Å². The van der Waals surface area contributed by atoms with Crippen molar-refractivity contribution in [2.75, 3.05) is 0 Å². The molecular formula is C17H20N2OS. The smallest absolute Gasteiger partial charge is 0.266 e. The highest BCUT2D eigenvalue weighted by Crippen LogP contribution is 2.40. The molecule has 1 saturated carbocycles. The summed E-state index contributed by atoms with van der Waals surface area (Å²) in [6, 6.07) is 2.08. The molecule has 4 rings (SSSR count). The van der Waals surface area contributed by atoms with Gasteiger partial charge in [-0.2, -0.15) is 5.10 Å². The van der Waals surface area contributed by atoms with Crippen LogP contribution in [0.25, 0.3) is 0 Å². The monoisotopic (exact) mass is 300 g/mol. The predicted molar refractivity (Wildman–Crippen MR) is 85.8 cm³/mol. The van der Waals surface area contributed by atoms with Crippen molar-refractivity contribution in [1.29, 1.82) is 0 Å². The third-order valence-electron chi connectivity index (χ3n) is 5.02. The van der Waals surface area contributed by atoms with Gasteiger partial charge in [0.25, 0.3) is 5.91 Å². The maximum Gasteiger partial charge on any atom is 0.281 e. The fraction of sp³-hybridized carbons (Fsp3) is 0.529. The Labute approximate surface area is 129 Å². The Hall–Kier alpha value is -1.42. The number of amides is 1. The lowest BCUT2D eigenvalue weighted by Crippen LogP contribution is -2.35. The van der Waals surface area contributed by atoms with Gasteiger partial charge in [-0.1, -0.05) is 19.1 Å². The van der Waals surface area contributed by atoms with Crippen LogP contribution in [0.4, 0.5) is 0 Å². The summed E-state index contributed by atoms with van der Waals surface area (Å²) in [6.45, 7) is 2.29. The molecule has 1 amide bonds. The van der Waals surface area contributed by atoms with Crippen LogP contribution in [0.15, 0.2) is 23.3 Å². The molecule has 0 bridgehead atoms. The molecule has 1 heterocycles. The second-order valence-electron chi connectivity index (χ2n) is 6.59. The van der Waals surface area contributed by atoms with Gasteiger partial charge in [-0.05, 0) is 55.6 Å². The van der Waals surface area contributed by atoms with E-state index in [1.807, 2.05) is 0 Å². The molecule has 1 N–H and O–H groups in total. The van der Waals surface area contributed by atoms with E-state index >= 15 is 0 Å². The van der Waals surface area contributed by atoms with Gasteiger partial charge in [0.2, 0.25) is 0 Å². The van der Waals surface area contributed by atoms with Gasteiger partial charge in [0.1, 0.15) is 0 Å². The summed E-state index contributed by atoms with van der Waals surface area (Å²) in [6.07, 6.45) is 10.1. The first kappa shape index (κ1) is 13.3. The minimum atomic E-state index is -0.0380. The summed E-state index contributed by atoms with van der Waals surface area (Å²) in [7, 11) is 0. The Morgan fingerprint density at radius 1 is 1.43 bits per heavy atom. The summed E-state index contributed by atoms with van der Waals surface area (Å²) in [4.78, 5) is 14.5. The Bertz CT molecular complexity index is 643. The van der Waals surface area contributed by atoms with Crippen molar-refractivity contribution in [2.24, 2.45) is 22.9 Å². The molecule has 0 aliphatic heterocycles. The highest BCUT2D eigenvalue weighted by molar-refractivity contribution is 7.14. The van der Waals surface area contributed by atoms with Gasteiger partial charge in [-0.3, -0.25) is 4.79 Å². The zero-order valence-corrected chi connectivity index (χ0v) is 13.1. The van der Waals surface area contributed by atoms with Crippen LogP contribution in [0.5, 0.6) is 0 Å². The van der Waals surface area contributed by atoms with Gasteiger partial charge in [-0.25, -0.2) is 5.43 Å². The number of aryl methyl sites for hydroxylation is 1. The maximum absolute atomic E-state index is 12.3. The number of carbonyl (C=O) groups excluding carboxylic acids is 1. The molecule has 1 aromatic rings. The molecular weight excluding hydrogens is 280 g/mol. The average Bonchev–Trinajstić information content (AvgIpc) is 3.02. The number of carbonyl (C=O) groups is 1. The normalized spacial score (nSPS) is 31.7. The lowest BCUT2D eigenvalue weighted by molar-refractivity contribution is 0.0958. The summed E-state index contributed by atoms with van der Waals surface area (Å²) in [5.74, 6) is 1.94. The number of hydrazone groups is 1. The molecule has 110 valence electrons. The highest BCUT2D eigenvalue weighted by Gasteiger charge is 2.38. The Morgan fingerprint density at radius 2 is 2.33 bits per heavy atom. The van der Waals surface area contributed by atoms with E-state index in [1.54, 1.807) is 11.3 Å². The zero-order valence-electron chi connectivity index (χ0n) is 12.3. The summed E-state index contributed by atoms with van der Waals surface area (Å²) in [5, 5.41) is 4.35. The first-order chi connectivity index (χ1) is 10.2. The summed E-state index contributed by atoms with van der Waals surface area (Å²) in [5.41, 5.74) is 5.30. The van der Waals surface area contributed by atoms with E-state index in [4.69, 9.17) is 0 Å².